The third-order valence-corrected chi connectivity index (χ3v) is 5.69. The van der Waals surface area contributed by atoms with Crippen molar-refractivity contribution in [3.8, 4) is 6.07 Å². The van der Waals surface area contributed by atoms with Crippen LogP contribution in [0.3, 0.4) is 0 Å². The lowest BCUT2D eigenvalue weighted by Crippen LogP contribution is -2.23. The lowest BCUT2D eigenvalue weighted by Gasteiger charge is -2.22. The third-order valence-electron chi connectivity index (χ3n) is 5.69. The first-order valence-electron chi connectivity index (χ1n) is 10.6. The van der Waals surface area contributed by atoms with Gasteiger partial charge in [0.1, 0.15) is 0 Å². The number of amides is 1. The van der Waals surface area contributed by atoms with E-state index in [0.717, 1.165) is 35.7 Å². The van der Waals surface area contributed by atoms with Crippen LogP contribution in [0.25, 0.3) is 0 Å². The number of hydrogen-bond donors (Lipinski definition) is 1. The fraction of sp³-hybridized carbons (Fsp3) is 0.522. The molecule has 0 atom stereocenters. The second-order valence-electron chi connectivity index (χ2n) is 7.78. The van der Waals surface area contributed by atoms with Gasteiger partial charge in [0, 0.05) is 36.6 Å². The van der Waals surface area contributed by atoms with Gasteiger partial charge in [0.2, 0.25) is 5.91 Å². The summed E-state index contributed by atoms with van der Waals surface area (Å²) >= 11 is 0. The van der Waals surface area contributed by atoms with E-state index in [1.807, 2.05) is 30.7 Å². The molecule has 2 aromatic rings. The zero-order valence-corrected chi connectivity index (χ0v) is 17.6. The predicted octanol–water partition coefficient (Wildman–Crippen LogP) is 4.37. The maximum atomic E-state index is 12.4. The van der Waals surface area contributed by atoms with Gasteiger partial charge in [0.25, 0.3) is 0 Å². The first-order valence-corrected chi connectivity index (χ1v) is 10.6. The Morgan fingerprint density at radius 3 is 2.48 bits per heavy atom. The molecule has 0 saturated carbocycles. The van der Waals surface area contributed by atoms with Crippen LogP contribution in [0.1, 0.15) is 55.5 Å². The van der Waals surface area contributed by atoms with Gasteiger partial charge in [-0.15, -0.1) is 0 Å². The Hall–Kier alpha value is -2.81. The third kappa shape index (κ3) is 5.60. The maximum Gasteiger partial charge on any atom is 0.224 e. The van der Waals surface area contributed by atoms with Crippen molar-refractivity contribution in [3.05, 3.63) is 41.2 Å². The van der Waals surface area contributed by atoms with Crippen LogP contribution in [-0.4, -0.2) is 28.8 Å². The molecule has 1 saturated heterocycles. The molecule has 1 N–H and O–H groups in total. The molecular weight excluding hydrogens is 362 g/mol. The van der Waals surface area contributed by atoms with E-state index in [1.54, 1.807) is 0 Å². The van der Waals surface area contributed by atoms with Gasteiger partial charge in [-0.05, 0) is 62.9 Å². The van der Waals surface area contributed by atoms with Crippen LogP contribution in [0.4, 0.5) is 11.4 Å². The molecule has 0 radical (unpaired) electrons. The highest BCUT2D eigenvalue weighted by atomic mass is 16.1. The number of carbonyl (C=O) groups excluding carboxylic acids is 1. The van der Waals surface area contributed by atoms with Crippen molar-refractivity contribution >= 4 is 17.3 Å². The SMILES string of the molecule is Cc1nn(CCC#N)c(C)c1CCC(=O)Nc1ccc(N2CCCCCC2)cc1. The number of aryl methyl sites for hydroxylation is 2. The van der Waals surface area contributed by atoms with Crippen molar-refractivity contribution in [2.24, 2.45) is 0 Å². The van der Waals surface area contributed by atoms with Gasteiger partial charge in [0.05, 0.1) is 24.7 Å². The second-order valence-corrected chi connectivity index (χ2v) is 7.78. The Morgan fingerprint density at radius 2 is 1.83 bits per heavy atom. The van der Waals surface area contributed by atoms with Gasteiger partial charge >= 0.3 is 0 Å². The van der Waals surface area contributed by atoms with Crippen molar-refractivity contribution in [3.63, 3.8) is 0 Å². The van der Waals surface area contributed by atoms with E-state index < -0.39 is 0 Å². The first kappa shape index (κ1) is 20.9. The Labute approximate surface area is 173 Å². The number of nitrogens with zero attached hydrogens (tertiary/aromatic N) is 4. The minimum absolute atomic E-state index is 0.0103. The molecule has 1 aromatic heterocycles. The molecule has 29 heavy (non-hydrogen) atoms. The van der Waals surface area contributed by atoms with Crippen LogP contribution in [0.2, 0.25) is 0 Å². The molecule has 1 aliphatic rings. The lowest BCUT2D eigenvalue weighted by molar-refractivity contribution is -0.116. The molecule has 1 fully saturated rings. The summed E-state index contributed by atoms with van der Waals surface area (Å²) in [5.74, 6) is 0.0103. The Kier molecular flexibility index (Phi) is 7.29. The van der Waals surface area contributed by atoms with Gasteiger partial charge in [-0.2, -0.15) is 10.4 Å². The molecular formula is C23H31N5O. The average molecular weight is 394 g/mol. The molecule has 154 valence electrons. The van der Waals surface area contributed by atoms with E-state index in [4.69, 9.17) is 5.26 Å². The highest BCUT2D eigenvalue weighted by Crippen LogP contribution is 2.22. The van der Waals surface area contributed by atoms with E-state index in [-0.39, 0.29) is 5.91 Å². The zero-order chi connectivity index (χ0) is 20.6. The summed E-state index contributed by atoms with van der Waals surface area (Å²) in [4.78, 5) is 14.9. The minimum atomic E-state index is 0.0103. The van der Waals surface area contributed by atoms with Crippen molar-refractivity contribution < 1.29 is 4.79 Å². The van der Waals surface area contributed by atoms with Crippen molar-refractivity contribution in [1.82, 2.24) is 9.78 Å². The number of rotatable bonds is 7. The highest BCUT2D eigenvalue weighted by molar-refractivity contribution is 5.91. The standard InChI is InChI=1S/C23H31N5O/c1-18-22(19(2)28(26-18)17-7-14-24)12-13-23(29)25-20-8-10-21(11-9-20)27-15-5-3-4-6-16-27/h8-11H,3-7,12-13,15-17H2,1-2H3,(H,25,29). The van der Waals surface area contributed by atoms with Crippen LogP contribution in [-0.2, 0) is 17.8 Å². The Balaban J connectivity index is 1.53. The van der Waals surface area contributed by atoms with Crippen LogP contribution >= 0.6 is 0 Å². The molecule has 1 aromatic carbocycles. The largest absolute Gasteiger partial charge is 0.372 e. The summed E-state index contributed by atoms with van der Waals surface area (Å²) in [5, 5.41) is 16.3. The van der Waals surface area contributed by atoms with E-state index >= 15 is 0 Å². The lowest BCUT2D eigenvalue weighted by atomic mass is 10.1. The van der Waals surface area contributed by atoms with Gasteiger partial charge in [-0.1, -0.05) is 12.8 Å². The van der Waals surface area contributed by atoms with Crippen LogP contribution < -0.4 is 10.2 Å². The summed E-state index contributed by atoms with van der Waals surface area (Å²) in [6, 6.07) is 10.3. The fourth-order valence-electron chi connectivity index (χ4n) is 4.02. The van der Waals surface area contributed by atoms with E-state index in [0.29, 0.717) is 25.8 Å². The van der Waals surface area contributed by atoms with Gasteiger partial charge in [0.15, 0.2) is 0 Å². The number of nitrogens with one attached hydrogen (secondary N) is 1. The zero-order valence-electron chi connectivity index (χ0n) is 17.6. The number of nitriles is 1. The van der Waals surface area contributed by atoms with Crippen LogP contribution in [0.5, 0.6) is 0 Å². The van der Waals surface area contributed by atoms with E-state index in [9.17, 15) is 4.79 Å². The fourth-order valence-corrected chi connectivity index (χ4v) is 4.02. The molecule has 2 heterocycles. The molecule has 0 bridgehead atoms. The summed E-state index contributed by atoms with van der Waals surface area (Å²) in [6.45, 7) is 6.80. The van der Waals surface area contributed by atoms with Crippen molar-refractivity contribution in [2.75, 3.05) is 23.3 Å². The smallest absolute Gasteiger partial charge is 0.224 e. The average Bonchev–Trinajstić information content (AvgIpc) is 2.90. The summed E-state index contributed by atoms with van der Waals surface area (Å²) in [7, 11) is 0. The van der Waals surface area contributed by atoms with Crippen LogP contribution in [0, 0.1) is 25.2 Å². The monoisotopic (exact) mass is 393 g/mol. The van der Waals surface area contributed by atoms with Crippen molar-refractivity contribution in [1.29, 1.82) is 5.26 Å². The number of anilines is 2. The maximum absolute atomic E-state index is 12.4. The number of hydrogen-bond acceptors (Lipinski definition) is 4. The number of carbonyl (C=O) groups is 1. The quantitative estimate of drug-likeness (QED) is 0.758. The number of benzene rings is 1. The van der Waals surface area contributed by atoms with Crippen molar-refractivity contribution in [2.45, 2.75) is 65.3 Å². The van der Waals surface area contributed by atoms with E-state index in [1.165, 1.54) is 31.4 Å². The molecule has 1 amide bonds. The molecule has 1 aliphatic heterocycles. The Morgan fingerprint density at radius 1 is 1.14 bits per heavy atom. The van der Waals surface area contributed by atoms with Gasteiger partial charge in [-0.25, -0.2) is 0 Å². The summed E-state index contributed by atoms with van der Waals surface area (Å²) in [5.41, 5.74) is 5.17. The van der Waals surface area contributed by atoms with Gasteiger partial charge in [-0.3, -0.25) is 9.48 Å². The molecule has 0 unspecified atom stereocenters. The Bertz CT molecular complexity index is 855. The first-order chi connectivity index (χ1) is 14.1. The number of aromatic nitrogens is 2. The second kappa shape index (κ2) is 10.1. The summed E-state index contributed by atoms with van der Waals surface area (Å²) < 4.78 is 1.87. The molecule has 6 heteroatoms. The van der Waals surface area contributed by atoms with Gasteiger partial charge < -0.3 is 10.2 Å². The topological polar surface area (TPSA) is 73.9 Å². The predicted molar refractivity (Wildman–Crippen MR) is 116 cm³/mol. The normalized spacial score (nSPS) is 14.3. The minimum Gasteiger partial charge on any atom is -0.372 e. The molecule has 6 nitrogen and oxygen atoms in total. The molecule has 0 spiro atoms. The van der Waals surface area contributed by atoms with E-state index in [2.05, 4.69) is 33.5 Å². The molecule has 0 aliphatic carbocycles. The van der Waals surface area contributed by atoms with Crippen LogP contribution in [0.15, 0.2) is 24.3 Å². The summed E-state index contributed by atoms with van der Waals surface area (Å²) in [6.07, 6.45) is 6.66. The molecule has 3 rings (SSSR count). The highest BCUT2D eigenvalue weighted by Gasteiger charge is 2.14.